The monoisotopic (exact) mass is 615 g/mol. The lowest BCUT2D eigenvalue weighted by Crippen LogP contribution is -2.52. The van der Waals surface area contributed by atoms with Crippen LogP contribution in [0.15, 0.2) is 72.8 Å². The molecule has 0 heterocycles. The summed E-state index contributed by atoms with van der Waals surface area (Å²) in [5, 5.41) is 2.29. The van der Waals surface area contributed by atoms with Crippen molar-refractivity contribution in [3.05, 3.63) is 99.5 Å². The maximum absolute atomic E-state index is 13.8. The molecule has 0 unspecified atom stereocenters. The van der Waals surface area contributed by atoms with Crippen LogP contribution in [0.1, 0.15) is 16.7 Å². The van der Waals surface area contributed by atoms with Gasteiger partial charge in [0.15, 0.2) is 0 Å². The van der Waals surface area contributed by atoms with Gasteiger partial charge in [-0.1, -0.05) is 65.7 Å². The molecule has 1 N–H and O–H groups in total. The Kier molecular flexibility index (Phi) is 10.1. The number of rotatable bonds is 10. The van der Waals surface area contributed by atoms with Crippen LogP contribution in [0.3, 0.4) is 0 Å². The number of nitrogens with one attached hydrogen (secondary N) is 1. The van der Waals surface area contributed by atoms with Crippen LogP contribution in [-0.2, 0) is 38.8 Å². The summed E-state index contributed by atoms with van der Waals surface area (Å²) in [6.45, 7) is -1.00. The average Bonchev–Trinajstić information content (AvgIpc) is 2.88. The molecule has 0 bridgehead atoms. The lowest BCUT2D eigenvalue weighted by atomic mass is 10.0. The first-order valence-corrected chi connectivity index (χ1v) is 14.4. The van der Waals surface area contributed by atoms with Crippen molar-refractivity contribution in [1.82, 2.24) is 10.2 Å². The summed E-state index contributed by atoms with van der Waals surface area (Å²) < 4.78 is 66.6. The fourth-order valence-electron chi connectivity index (χ4n) is 4.05. The van der Waals surface area contributed by atoms with Crippen molar-refractivity contribution in [2.75, 3.05) is 24.2 Å². The molecule has 0 radical (unpaired) electrons. The van der Waals surface area contributed by atoms with Crippen LogP contribution in [0.25, 0.3) is 0 Å². The number of carbonyl (C=O) groups is 2. The number of hydrogen-bond donors (Lipinski definition) is 1. The molecule has 40 heavy (non-hydrogen) atoms. The zero-order valence-corrected chi connectivity index (χ0v) is 23.8. The summed E-state index contributed by atoms with van der Waals surface area (Å²) in [5.74, 6) is -1.34. The molecule has 1 atom stereocenters. The van der Waals surface area contributed by atoms with Crippen LogP contribution in [-0.4, -0.2) is 51.0 Å². The molecular formula is C27H26Cl2F3N3O4S. The number of benzene rings is 3. The van der Waals surface area contributed by atoms with E-state index in [1.54, 1.807) is 54.6 Å². The van der Waals surface area contributed by atoms with E-state index < -0.39 is 56.9 Å². The Morgan fingerprint density at radius 3 is 2.17 bits per heavy atom. The summed E-state index contributed by atoms with van der Waals surface area (Å²) in [7, 11) is -2.86. The number of hydrogen-bond acceptors (Lipinski definition) is 4. The van der Waals surface area contributed by atoms with E-state index in [4.69, 9.17) is 23.2 Å². The van der Waals surface area contributed by atoms with E-state index in [0.717, 1.165) is 24.0 Å². The first kappa shape index (κ1) is 31.3. The fourth-order valence-corrected chi connectivity index (χ4v) is 5.33. The van der Waals surface area contributed by atoms with Crippen molar-refractivity contribution < 1.29 is 31.2 Å². The number of likely N-dealkylation sites (N-methyl/N-ethyl adjacent to an activating group) is 1. The second-order valence-corrected chi connectivity index (χ2v) is 11.7. The van der Waals surface area contributed by atoms with Gasteiger partial charge in [0, 0.05) is 25.0 Å². The molecule has 0 saturated carbocycles. The average molecular weight is 616 g/mol. The van der Waals surface area contributed by atoms with Gasteiger partial charge in [-0.2, -0.15) is 13.2 Å². The van der Waals surface area contributed by atoms with Gasteiger partial charge in [0.2, 0.25) is 21.8 Å². The molecule has 7 nitrogen and oxygen atoms in total. The Balaban J connectivity index is 2.07. The van der Waals surface area contributed by atoms with Crippen molar-refractivity contribution in [3.63, 3.8) is 0 Å². The van der Waals surface area contributed by atoms with Crippen LogP contribution in [0.4, 0.5) is 18.9 Å². The molecule has 0 spiro atoms. The number of alkyl halides is 3. The number of anilines is 1. The molecule has 214 valence electrons. The van der Waals surface area contributed by atoms with E-state index >= 15 is 0 Å². The highest BCUT2D eigenvalue weighted by molar-refractivity contribution is 7.92. The van der Waals surface area contributed by atoms with Gasteiger partial charge in [0.1, 0.15) is 12.6 Å². The highest BCUT2D eigenvalue weighted by Crippen LogP contribution is 2.37. The number of sulfonamides is 1. The number of carbonyl (C=O) groups excluding carboxylic acids is 2. The molecule has 0 aliphatic heterocycles. The zero-order chi connectivity index (χ0) is 29.7. The highest BCUT2D eigenvalue weighted by atomic mass is 35.5. The van der Waals surface area contributed by atoms with E-state index in [0.29, 0.717) is 21.0 Å². The van der Waals surface area contributed by atoms with Gasteiger partial charge in [-0.15, -0.1) is 0 Å². The summed E-state index contributed by atoms with van der Waals surface area (Å²) in [6.07, 6.45) is -4.01. The third-order valence-electron chi connectivity index (χ3n) is 5.98. The minimum absolute atomic E-state index is 0.0882. The molecule has 3 aromatic rings. The van der Waals surface area contributed by atoms with Crippen molar-refractivity contribution in [3.8, 4) is 0 Å². The molecule has 3 rings (SSSR count). The maximum atomic E-state index is 13.8. The van der Waals surface area contributed by atoms with E-state index in [9.17, 15) is 31.2 Å². The summed E-state index contributed by atoms with van der Waals surface area (Å²) >= 11 is 11.8. The summed E-state index contributed by atoms with van der Waals surface area (Å²) in [6, 6.07) is 16.9. The van der Waals surface area contributed by atoms with E-state index in [1.165, 1.54) is 11.9 Å². The van der Waals surface area contributed by atoms with Gasteiger partial charge >= 0.3 is 6.18 Å². The van der Waals surface area contributed by atoms with E-state index in [2.05, 4.69) is 5.32 Å². The lowest BCUT2D eigenvalue weighted by molar-refractivity contribution is -0.139. The Morgan fingerprint density at radius 1 is 0.950 bits per heavy atom. The molecule has 13 heteroatoms. The standard InChI is InChI=1S/C27H26Cl2F3N3O4S/c1-33-26(37)24(14-18-7-4-3-5-8-18)34(16-19-9-6-10-20(28)13-19)25(36)17-35(40(2,38)39)21-11-12-23(29)22(15-21)27(30,31)32/h3-13,15,24H,14,16-17H2,1-2H3,(H,33,37)/t24-/m1/s1. The molecule has 0 fully saturated rings. The van der Waals surface area contributed by atoms with Gasteiger partial charge in [-0.25, -0.2) is 8.42 Å². The quantitative estimate of drug-likeness (QED) is 0.341. The molecule has 0 aliphatic carbocycles. The molecule has 2 amide bonds. The zero-order valence-electron chi connectivity index (χ0n) is 21.5. The smallest absolute Gasteiger partial charge is 0.357 e. The Labute approximate surface area is 240 Å². The third-order valence-corrected chi connectivity index (χ3v) is 7.69. The van der Waals surface area contributed by atoms with Crippen LogP contribution in [0, 0.1) is 0 Å². The number of nitrogens with zero attached hydrogens (tertiary/aromatic N) is 2. The van der Waals surface area contributed by atoms with Gasteiger partial charge < -0.3 is 10.2 Å². The predicted octanol–water partition coefficient (Wildman–Crippen LogP) is 5.16. The molecule has 0 aromatic heterocycles. The first-order valence-electron chi connectivity index (χ1n) is 11.8. The maximum Gasteiger partial charge on any atom is 0.417 e. The Bertz CT molecular complexity index is 1470. The van der Waals surface area contributed by atoms with E-state index in [1.807, 2.05) is 0 Å². The van der Waals surface area contributed by atoms with Gasteiger partial charge in [-0.05, 0) is 41.5 Å². The van der Waals surface area contributed by atoms with Gasteiger partial charge in [0.25, 0.3) is 0 Å². The van der Waals surface area contributed by atoms with Crippen molar-refractivity contribution in [2.24, 2.45) is 0 Å². The van der Waals surface area contributed by atoms with Crippen molar-refractivity contribution in [2.45, 2.75) is 25.2 Å². The minimum Gasteiger partial charge on any atom is -0.357 e. The Morgan fingerprint density at radius 2 is 1.60 bits per heavy atom. The molecule has 3 aromatic carbocycles. The number of amides is 2. The van der Waals surface area contributed by atoms with Crippen molar-refractivity contribution >= 4 is 50.7 Å². The highest BCUT2D eigenvalue weighted by Gasteiger charge is 2.36. The summed E-state index contributed by atoms with van der Waals surface area (Å²) in [5.41, 5.74) is -0.377. The largest absolute Gasteiger partial charge is 0.417 e. The first-order chi connectivity index (χ1) is 18.7. The topological polar surface area (TPSA) is 86.8 Å². The van der Waals surface area contributed by atoms with Crippen LogP contribution >= 0.6 is 23.2 Å². The second-order valence-electron chi connectivity index (χ2n) is 8.90. The van der Waals surface area contributed by atoms with Crippen molar-refractivity contribution in [1.29, 1.82) is 0 Å². The van der Waals surface area contributed by atoms with Gasteiger partial charge in [0.05, 0.1) is 22.5 Å². The minimum atomic E-state index is -4.86. The summed E-state index contributed by atoms with van der Waals surface area (Å²) in [4.78, 5) is 28.1. The lowest BCUT2D eigenvalue weighted by Gasteiger charge is -2.33. The van der Waals surface area contributed by atoms with Crippen LogP contribution in [0.2, 0.25) is 10.0 Å². The van der Waals surface area contributed by atoms with Crippen LogP contribution < -0.4 is 9.62 Å². The third kappa shape index (κ3) is 8.12. The normalized spacial score (nSPS) is 12.5. The molecular weight excluding hydrogens is 590 g/mol. The fraction of sp³-hybridized carbons (Fsp3) is 0.259. The predicted molar refractivity (Wildman–Crippen MR) is 149 cm³/mol. The van der Waals surface area contributed by atoms with Crippen LogP contribution in [0.5, 0.6) is 0 Å². The second kappa shape index (κ2) is 12.9. The molecule has 0 saturated heterocycles. The Hall–Kier alpha value is -3.28. The molecule has 0 aliphatic rings. The van der Waals surface area contributed by atoms with Gasteiger partial charge in [-0.3, -0.25) is 13.9 Å². The number of halogens is 5. The SMILES string of the molecule is CNC(=O)[C@@H](Cc1ccccc1)N(Cc1cccc(Cl)c1)C(=O)CN(c1ccc(Cl)c(C(F)(F)F)c1)S(C)(=O)=O. The van der Waals surface area contributed by atoms with E-state index in [-0.39, 0.29) is 13.0 Å².